The maximum absolute atomic E-state index is 13.1. The summed E-state index contributed by atoms with van der Waals surface area (Å²) in [5.74, 6) is 0.486. The molecule has 0 amide bonds. The Morgan fingerprint density at radius 3 is 2.33 bits per heavy atom. The van der Waals surface area contributed by atoms with Crippen molar-refractivity contribution in [2.24, 2.45) is 0 Å². The van der Waals surface area contributed by atoms with E-state index in [1.807, 2.05) is 13.0 Å². The van der Waals surface area contributed by atoms with Gasteiger partial charge in [-0.05, 0) is 49.4 Å². The van der Waals surface area contributed by atoms with Crippen LogP contribution < -0.4 is 4.74 Å². The zero-order valence-electron chi connectivity index (χ0n) is 13.4. The van der Waals surface area contributed by atoms with E-state index in [0.29, 0.717) is 17.0 Å². The van der Waals surface area contributed by atoms with Gasteiger partial charge in [0, 0.05) is 11.8 Å². The molecule has 1 aromatic heterocycles. The molecule has 0 saturated heterocycles. The van der Waals surface area contributed by atoms with Crippen LogP contribution in [0, 0.1) is 6.92 Å². The Bertz CT molecular complexity index is 950. The van der Waals surface area contributed by atoms with Gasteiger partial charge in [-0.25, -0.2) is 8.42 Å². The van der Waals surface area contributed by atoms with Crippen LogP contribution in [-0.2, 0) is 9.84 Å². The largest absolute Gasteiger partial charge is 0.497 e. The van der Waals surface area contributed by atoms with E-state index in [9.17, 15) is 8.42 Å². The van der Waals surface area contributed by atoms with Crippen molar-refractivity contribution >= 4 is 9.84 Å². The lowest BCUT2D eigenvalue weighted by molar-refractivity contribution is 0.413. The van der Waals surface area contributed by atoms with Gasteiger partial charge < -0.3 is 4.74 Å². The average Bonchev–Trinajstić information content (AvgIpc) is 2.62. The molecule has 0 unspecified atom stereocenters. The predicted octanol–water partition coefficient (Wildman–Crippen LogP) is 3.90. The van der Waals surface area contributed by atoms with Crippen LogP contribution in [0.3, 0.4) is 0 Å². The van der Waals surface area contributed by atoms with Gasteiger partial charge in [0.25, 0.3) is 0 Å². The minimum atomic E-state index is -3.69. The summed E-state index contributed by atoms with van der Waals surface area (Å²) in [5, 5.41) is 0. The highest BCUT2D eigenvalue weighted by molar-refractivity contribution is 7.91. The smallest absolute Gasteiger partial charge is 0.207 e. The first-order valence-corrected chi connectivity index (χ1v) is 8.92. The molecule has 2 aromatic carbocycles. The molecule has 0 aliphatic carbocycles. The van der Waals surface area contributed by atoms with E-state index in [0.717, 1.165) is 5.56 Å². The molecule has 24 heavy (non-hydrogen) atoms. The molecule has 4 nitrogen and oxygen atoms in total. The monoisotopic (exact) mass is 339 g/mol. The van der Waals surface area contributed by atoms with E-state index >= 15 is 0 Å². The van der Waals surface area contributed by atoms with Crippen LogP contribution in [0.2, 0.25) is 0 Å². The molecule has 0 radical (unpaired) electrons. The number of hydrogen-bond acceptors (Lipinski definition) is 4. The lowest BCUT2D eigenvalue weighted by Gasteiger charge is -2.12. The second kappa shape index (κ2) is 6.45. The number of aromatic nitrogens is 1. The Labute approximate surface area is 141 Å². The summed E-state index contributed by atoms with van der Waals surface area (Å²) in [4.78, 5) is 4.71. The van der Waals surface area contributed by atoms with E-state index in [2.05, 4.69) is 4.98 Å². The Morgan fingerprint density at radius 1 is 0.958 bits per heavy atom. The first-order chi connectivity index (χ1) is 11.5. The molecule has 0 aliphatic rings. The highest BCUT2D eigenvalue weighted by Crippen LogP contribution is 2.33. The fourth-order valence-electron chi connectivity index (χ4n) is 2.43. The van der Waals surface area contributed by atoms with Crippen LogP contribution in [0.15, 0.2) is 76.7 Å². The third kappa shape index (κ3) is 3.03. The van der Waals surface area contributed by atoms with Gasteiger partial charge in [0.05, 0.1) is 22.6 Å². The van der Waals surface area contributed by atoms with Gasteiger partial charge in [-0.15, -0.1) is 0 Å². The van der Waals surface area contributed by atoms with E-state index in [-0.39, 0.29) is 9.79 Å². The molecule has 3 aromatic rings. The van der Waals surface area contributed by atoms with Crippen LogP contribution in [0.5, 0.6) is 5.75 Å². The van der Waals surface area contributed by atoms with Crippen molar-refractivity contribution in [1.29, 1.82) is 0 Å². The van der Waals surface area contributed by atoms with Gasteiger partial charge in [0.15, 0.2) is 0 Å². The molecular weight excluding hydrogens is 322 g/mol. The zero-order chi connectivity index (χ0) is 17.2. The highest BCUT2D eigenvalue weighted by atomic mass is 32.2. The Kier molecular flexibility index (Phi) is 4.36. The number of nitrogens with zero attached hydrogens (tertiary/aromatic N) is 1. The summed E-state index contributed by atoms with van der Waals surface area (Å²) in [7, 11) is -2.18. The number of methoxy groups -OCH3 is 1. The van der Waals surface area contributed by atoms with Crippen LogP contribution in [-0.4, -0.2) is 20.5 Å². The fourth-order valence-corrected chi connectivity index (χ4v) is 3.91. The number of hydrogen-bond donors (Lipinski definition) is 0. The van der Waals surface area contributed by atoms with Crippen molar-refractivity contribution in [2.45, 2.75) is 16.7 Å². The van der Waals surface area contributed by atoms with Crippen molar-refractivity contribution in [3.63, 3.8) is 0 Å². The Hall–Kier alpha value is -2.66. The van der Waals surface area contributed by atoms with Crippen LogP contribution in [0.4, 0.5) is 0 Å². The predicted molar refractivity (Wildman–Crippen MR) is 92.9 cm³/mol. The van der Waals surface area contributed by atoms with Crippen molar-refractivity contribution < 1.29 is 13.2 Å². The zero-order valence-corrected chi connectivity index (χ0v) is 14.2. The maximum atomic E-state index is 13.1. The maximum Gasteiger partial charge on any atom is 0.207 e. The number of ether oxygens (including phenoxy) is 1. The van der Waals surface area contributed by atoms with E-state index in [4.69, 9.17) is 4.74 Å². The summed E-state index contributed by atoms with van der Waals surface area (Å²) < 4.78 is 31.5. The molecule has 0 atom stereocenters. The average molecular weight is 339 g/mol. The van der Waals surface area contributed by atoms with Gasteiger partial charge in [0.1, 0.15) is 5.75 Å². The first kappa shape index (κ1) is 16.2. The summed E-state index contributed by atoms with van der Waals surface area (Å²) in [5.41, 5.74) is 2.16. The van der Waals surface area contributed by atoms with Gasteiger partial charge in [-0.3, -0.25) is 4.98 Å². The van der Waals surface area contributed by atoms with Crippen LogP contribution >= 0.6 is 0 Å². The van der Waals surface area contributed by atoms with Crippen molar-refractivity contribution in [3.05, 3.63) is 72.4 Å². The Morgan fingerprint density at radius 2 is 1.71 bits per heavy atom. The number of sulfone groups is 1. The molecule has 1 heterocycles. The second-order valence-corrected chi connectivity index (χ2v) is 7.31. The van der Waals surface area contributed by atoms with E-state index in [1.54, 1.807) is 60.8 Å². The number of pyridine rings is 1. The summed E-state index contributed by atoms with van der Waals surface area (Å²) in [6.07, 6.45) is 1.64. The molecule has 0 fully saturated rings. The lowest BCUT2D eigenvalue weighted by Crippen LogP contribution is -2.05. The highest BCUT2D eigenvalue weighted by Gasteiger charge is 2.23. The SMILES string of the molecule is COc1ccc(-c2ccccn2)c(S(=O)(=O)c2ccc(C)cc2)c1. The fraction of sp³-hybridized carbons (Fsp3) is 0.105. The molecule has 0 aliphatic heterocycles. The minimum Gasteiger partial charge on any atom is -0.497 e. The van der Waals surface area contributed by atoms with Gasteiger partial charge >= 0.3 is 0 Å². The number of rotatable bonds is 4. The third-order valence-corrected chi connectivity index (χ3v) is 5.56. The molecule has 0 saturated carbocycles. The molecule has 0 spiro atoms. The van der Waals surface area contributed by atoms with Crippen molar-refractivity contribution in [2.75, 3.05) is 7.11 Å². The van der Waals surface area contributed by atoms with Crippen molar-refractivity contribution in [1.82, 2.24) is 4.98 Å². The third-order valence-electron chi connectivity index (χ3n) is 3.75. The van der Waals surface area contributed by atoms with Gasteiger partial charge in [-0.2, -0.15) is 0 Å². The molecule has 0 bridgehead atoms. The minimum absolute atomic E-state index is 0.185. The quantitative estimate of drug-likeness (QED) is 0.723. The topological polar surface area (TPSA) is 56.3 Å². The number of benzene rings is 2. The molecule has 0 N–H and O–H groups in total. The lowest BCUT2D eigenvalue weighted by atomic mass is 10.1. The first-order valence-electron chi connectivity index (χ1n) is 7.43. The second-order valence-electron chi connectivity index (χ2n) is 5.39. The molecule has 122 valence electrons. The van der Waals surface area contributed by atoms with Gasteiger partial charge in [0.2, 0.25) is 9.84 Å². The van der Waals surface area contributed by atoms with Crippen molar-refractivity contribution in [3.8, 4) is 17.0 Å². The summed E-state index contributed by atoms with van der Waals surface area (Å²) >= 11 is 0. The van der Waals surface area contributed by atoms with Gasteiger partial charge in [-0.1, -0.05) is 23.8 Å². The van der Waals surface area contributed by atoms with Crippen LogP contribution in [0.1, 0.15) is 5.56 Å². The summed E-state index contributed by atoms with van der Waals surface area (Å²) in [6.45, 7) is 1.92. The normalized spacial score (nSPS) is 11.2. The standard InChI is InChI=1S/C19H17NO3S/c1-14-6-9-16(10-7-14)24(21,22)19-13-15(23-2)8-11-17(19)18-5-3-4-12-20-18/h3-13H,1-2H3. The molecular formula is C19H17NO3S. The van der Waals surface area contributed by atoms with Crippen LogP contribution in [0.25, 0.3) is 11.3 Å². The Balaban J connectivity index is 2.23. The summed E-state index contributed by atoms with van der Waals surface area (Å²) in [6, 6.07) is 17.2. The molecule has 5 heteroatoms. The van der Waals surface area contributed by atoms with E-state index < -0.39 is 9.84 Å². The molecule has 3 rings (SSSR count). The van der Waals surface area contributed by atoms with E-state index in [1.165, 1.54) is 7.11 Å². The number of aryl methyl sites for hydroxylation is 1.